The second-order valence-electron chi connectivity index (χ2n) is 6.40. The van der Waals surface area contributed by atoms with E-state index in [1.165, 1.54) is 22.3 Å². The van der Waals surface area contributed by atoms with Crippen LogP contribution in [0.2, 0.25) is 0 Å². The molecule has 0 saturated carbocycles. The molecule has 2 heterocycles. The van der Waals surface area contributed by atoms with Crippen molar-refractivity contribution in [2.24, 2.45) is 0 Å². The summed E-state index contributed by atoms with van der Waals surface area (Å²) in [4.78, 5) is 29.6. The molecule has 0 fully saturated rings. The van der Waals surface area contributed by atoms with E-state index >= 15 is 0 Å². The Hall–Kier alpha value is -3.92. The summed E-state index contributed by atoms with van der Waals surface area (Å²) in [6, 6.07) is 16.9. The molecule has 0 aliphatic carbocycles. The number of hydrazine groups is 1. The van der Waals surface area contributed by atoms with Crippen LogP contribution in [0.5, 0.6) is 0 Å². The molecule has 2 aromatic heterocycles. The van der Waals surface area contributed by atoms with Crippen LogP contribution in [0.25, 0.3) is 16.3 Å². The predicted octanol–water partition coefficient (Wildman–Crippen LogP) is 2.10. The van der Waals surface area contributed by atoms with Gasteiger partial charge in [0.15, 0.2) is 0 Å². The van der Waals surface area contributed by atoms with Crippen molar-refractivity contribution in [2.75, 3.05) is 0 Å². The Morgan fingerprint density at radius 3 is 2.50 bits per heavy atom. The van der Waals surface area contributed by atoms with E-state index in [1.54, 1.807) is 19.1 Å². The molecule has 30 heavy (non-hydrogen) atoms. The van der Waals surface area contributed by atoms with Gasteiger partial charge in [-0.2, -0.15) is 0 Å². The molecule has 2 aromatic carbocycles. The van der Waals surface area contributed by atoms with Gasteiger partial charge in [0.2, 0.25) is 5.91 Å². The van der Waals surface area contributed by atoms with E-state index in [1.807, 2.05) is 42.5 Å². The van der Waals surface area contributed by atoms with Gasteiger partial charge in [-0.15, -0.1) is 16.4 Å². The summed E-state index contributed by atoms with van der Waals surface area (Å²) in [5, 5.41) is 11.7. The molecular formula is C20H17N7O2S. The number of benzene rings is 2. The number of rotatable bonds is 5. The van der Waals surface area contributed by atoms with Gasteiger partial charge in [-0.3, -0.25) is 20.4 Å². The number of thiazole rings is 1. The van der Waals surface area contributed by atoms with Crippen LogP contribution in [0.15, 0.2) is 60.9 Å². The summed E-state index contributed by atoms with van der Waals surface area (Å²) < 4.78 is 1.52. The Bertz CT molecular complexity index is 1160. The molecule has 0 spiro atoms. The highest BCUT2D eigenvalue weighted by molar-refractivity contribution is 7.17. The Morgan fingerprint density at radius 2 is 1.80 bits per heavy atom. The summed E-state index contributed by atoms with van der Waals surface area (Å²) in [7, 11) is 0. The summed E-state index contributed by atoms with van der Waals surface area (Å²) >= 11 is 1.28. The Balaban J connectivity index is 1.34. The second kappa shape index (κ2) is 8.62. The SMILES string of the molecule is Cc1nc(-c2ccccc2)sc1C(=O)NNC(=O)Cc1ccc(-n2cnnn2)cc1. The maximum Gasteiger partial charge on any atom is 0.281 e. The zero-order valence-corrected chi connectivity index (χ0v) is 16.8. The number of tetrazole rings is 1. The van der Waals surface area contributed by atoms with E-state index in [4.69, 9.17) is 0 Å². The molecule has 150 valence electrons. The normalized spacial score (nSPS) is 10.6. The van der Waals surface area contributed by atoms with Crippen LogP contribution in [-0.4, -0.2) is 37.0 Å². The minimum absolute atomic E-state index is 0.118. The van der Waals surface area contributed by atoms with Gasteiger partial charge in [-0.25, -0.2) is 9.67 Å². The molecule has 2 N–H and O–H groups in total. The van der Waals surface area contributed by atoms with Crippen molar-refractivity contribution in [3.05, 3.63) is 77.1 Å². The van der Waals surface area contributed by atoms with Crippen molar-refractivity contribution in [1.29, 1.82) is 0 Å². The lowest BCUT2D eigenvalue weighted by molar-refractivity contribution is -0.121. The lowest BCUT2D eigenvalue weighted by atomic mass is 10.1. The summed E-state index contributed by atoms with van der Waals surface area (Å²) in [5.41, 5.74) is 8.04. The van der Waals surface area contributed by atoms with E-state index in [9.17, 15) is 9.59 Å². The van der Waals surface area contributed by atoms with Gasteiger partial charge in [0.1, 0.15) is 16.2 Å². The quantitative estimate of drug-likeness (QED) is 0.479. The van der Waals surface area contributed by atoms with E-state index in [0.29, 0.717) is 10.6 Å². The lowest BCUT2D eigenvalue weighted by Gasteiger charge is -2.07. The first-order valence-electron chi connectivity index (χ1n) is 9.04. The number of amides is 2. The van der Waals surface area contributed by atoms with Gasteiger partial charge >= 0.3 is 0 Å². The first-order valence-corrected chi connectivity index (χ1v) is 9.86. The molecule has 0 atom stereocenters. The van der Waals surface area contributed by atoms with Gasteiger partial charge in [0.05, 0.1) is 17.8 Å². The number of carbonyl (C=O) groups excluding carboxylic acids is 2. The van der Waals surface area contributed by atoms with E-state index in [0.717, 1.165) is 21.8 Å². The third kappa shape index (κ3) is 4.39. The van der Waals surface area contributed by atoms with E-state index in [2.05, 4.69) is 31.4 Å². The fraction of sp³-hybridized carbons (Fsp3) is 0.100. The first kappa shape index (κ1) is 19.4. The van der Waals surface area contributed by atoms with Crippen LogP contribution in [0.3, 0.4) is 0 Å². The molecule has 0 bridgehead atoms. The molecule has 0 aliphatic rings. The van der Waals surface area contributed by atoms with Gasteiger partial charge < -0.3 is 0 Å². The van der Waals surface area contributed by atoms with Crippen molar-refractivity contribution in [2.45, 2.75) is 13.3 Å². The summed E-state index contributed by atoms with van der Waals surface area (Å²) in [5.74, 6) is -0.724. The monoisotopic (exact) mass is 419 g/mol. The van der Waals surface area contributed by atoms with Crippen molar-refractivity contribution in [1.82, 2.24) is 36.0 Å². The maximum atomic E-state index is 12.5. The van der Waals surface area contributed by atoms with Crippen LogP contribution in [0.1, 0.15) is 20.9 Å². The van der Waals surface area contributed by atoms with Gasteiger partial charge in [0.25, 0.3) is 5.91 Å². The number of hydrogen-bond donors (Lipinski definition) is 2. The third-order valence-corrected chi connectivity index (χ3v) is 5.46. The number of carbonyl (C=O) groups is 2. The average molecular weight is 419 g/mol. The molecule has 4 aromatic rings. The number of hydrogen-bond acceptors (Lipinski definition) is 7. The fourth-order valence-electron chi connectivity index (χ4n) is 2.77. The van der Waals surface area contributed by atoms with Crippen molar-refractivity contribution >= 4 is 23.2 Å². The summed E-state index contributed by atoms with van der Waals surface area (Å²) in [6.07, 6.45) is 1.61. The minimum atomic E-state index is -0.394. The molecule has 0 saturated heterocycles. The average Bonchev–Trinajstić information content (AvgIpc) is 3.43. The number of aryl methyl sites for hydroxylation is 1. The number of aromatic nitrogens is 5. The highest BCUT2D eigenvalue weighted by atomic mass is 32.1. The third-order valence-electron chi connectivity index (χ3n) is 4.25. The van der Waals surface area contributed by atoms with Gasteiger partial charge in [0, 0.05) is 5.56 Å². The van der Waals surface area contributed by atoms with Crippen molar-refractivity contribution in [3.63, 3.8) is 0 Å². The van der Waals surface area contributed by atoms with Crippen LogP contribution < -0.4 is 10.9 Å². The zero-order chi connectivity index (χ0) is 20.9. The second-order valence-corrected chi connectivity index (χ2v) is 7.40. The Morgan fingerprint density at radius 1 is 1.03 bits per heavy atom. The van der Waals surface area contributed by atoms with Crippen LogP contribution in [-0.2, 0) is 11.2 Å². The molecular weight excluding hydrogens is 402 g/mol. The molecule has 0 unspecified atom stereocenters. The molecule has 0 aliphatic heterocycles. The van der Waals surface area contributed by atoms with Crippen LogP contribution in [0.4, 0.5) is 0 Å². The first-order chi connectivity index (χ1) is 14.6. The van der Waals surface area contributed by atoms with Crippen molar-refractivity contribution in [3.8, 4) is 16.3 Å². The topological polar surface area (TPSA) is 115 Å². The molecule has 2 amide bonds. The highest BCUT2D eigenvalue weighted by Gasteiger charge is 2.17. The van der Waals surface area contributed by atoms with E-state index in [-0.39, 0.29) is 12.3 Å². The van der Waals surface area contributed by atoms with E-state index < -0.39 is 5.91 Å². The smallest absolute Gasteiger partial charge is 0.273 e. The molecule has 0 radical (unpaired) electrons. The highest BCUT2D eigenvalue weighted by Crippen LogP contribution is 2.27. The molecule has 9 nitrogen and oxygen atoms in total. The largest absolute Gasteiger partial charge is 0.281 e. The number of nitrogens with zero attached hydrogens (tertiary/aromatic N) is 5. The Kier molecular flexibility index (Phi) is 5.57. The summed E-state index contributed by atoms with van der Waals surface area (Å²) in [6.45, 7) is 1.77. The lowest BCUT2D eigenvalue weighted by Crippen LogP contribution is -2.42. The fourth-order valence-corrected chi connectivity index (χ4v) is 3.74. The zero-order valence-electron chi connectivity index (χ0n) is 15.9. The predicted molar refractivity (Wildman–Crippen MR) is 111 cm³/mol. The molecule has 10 heteroatoms. The van der Waals surface area contributed by atoms with Crippen molar-refractivity contribution < 1.29 is 9.59 Å². The molecule has 4 rings (SSSR count). The van der Waals surface area contributed by atoms with Gasteiger partial charge in [-0.1, -0.05) is 42.5 Å². The standard InChI is InChI=1S/C20H17N7O2S/c1-13-18(30-20(22-13)15-5-3-2-4-6-15)19(29)24-23-17(28)11-14-7-9-16(10-8-14)27-12-21-25-26-27/h2-10,12H,11H2,1H3,(H,23,28)(H,24,29). The van der Waals surface area contributed by atoms with Crippen LogP contribution >= 0.6 is 11.3 Å². The minimum Gasteiger partial charge on any atom is -0.273 e. The number of nitrogens with one attached hydrogen (secondary N) is 2. The van der Waals surface area contributed by atoms with Gasteiger partial charge in [-0.05, 0) is 35.0 Å². The maximum absolute atomic E-state index is 12.5. The Labute approximate surface area is 175 Å². The van der Waals surface area contributed by atoms with Crippen LogP contribution in [0, 0.1) is 6.92 Å².